The molecule has 1 saturated carbocycles. The number of rotatable bonds is 2. The molecule has 1 aromatic carbocycles. The maximum absolute atomic E-state index is 12.1. The first-order valence-electron chi connectivity index (χ1n) is 7.47. The van der Waals surface area contributed by atoms with E-state index in [1.165, 1.54) is 11.8 Å². The van der Waals surface area contributed by atoms with E-state index < -0.39 is 9.84 Å². The minimum atomic E-state index is -3.05. The Bertz CT molecular complexity index is 805. The Hall–Kier alpha value is -1.05. The average molecular weight is 371 g/mol. The Kier molecular flexibility index (Phi) is 3.70. The number of sulfone groups is 1. The molecular formula is C15H15ClN2O3S2. The predicted molar refractivity (Wildman–Crippen MR) is 92.9 cm³/mol. The van der Waals surface area contributed by atoms with Crippen LogP contribution >= 0.6 is 23.4 Å². The second-order valence-corrected chi connectivity index (χ2v) is 9.95. The zero-order valence-corrected chi connectivity index (χ0v) is 14.6. The molecule has 2 saturated heterocycles. The van der Waals surface area contributed by atoms with Gasteiger partial charge in [0, 0.05) is 21.9 Å². The monoisotopic (exact) mass is 370 g/mol. The van der Waals surface area contributed by atoms with Crippen molar-refractivity contribution in [2.45, 2.75) is 24.1 Å². The normalized spacial score (nSPS) is 30.7. The van der Waals surface area contributed by atoms with Crippen molar-refractivity contribution in [3.63, 3.8) is 0 Å². The number of halogens is 1. The first-order chi connectivity index (χ1) is 10.9. The standard InChI is InChI=1S/C15H15ClN2O3S2/c16-10-2-1-3-11(6-10)18-12-7-23(20,21)8-13(12)22-15(18)17-14(19)9-4-5-9/h1-3,6,9,12-13H,4-5,7-8H2/t12-,13-/m1/s1. The van der Waals surface area contributed by atoms with E-state index in [0.29, 0.717) is 10.2 Å². The Labute approximate surface area is 144 Å². The lowest BCUT2D eigenvalue weighted by molar-refractivity contribution is -0.118. The van der Waals surface area contributed by atoms with Crippen LogP contribution in [-0.4, -0.2) is 42.3 Å². The molecule has 0 unspecified atom stereocenters. The molecule has 0 radical (unpaired) electrons. The van der Waals surface area contributed by atoms with Crippen molar-refractivity contribution in [2.75, 3.05) is 16.4 Å². The highest BCUT2D eigenvalue weighted by Crippen LogP contribution is 2.42. The number of carbonyl (C=O) groups is 1. The van der Waals surface area contributed by atoms with Gasteiger partial charge in [-0.2, -0.15) is 4.99 Å². The van der Waals surface area contributed by atoms with Gasteiger partial charge in [-0.1, -0.05) is 29.4 Å². The number of thioether (sulfide) groups is 1. The number of nitrogens with zero attached hydrogens (tertiary/aromatic N) is 2. The molecule has 1 aliphatic carbocycles. The van der Waals surface area contributed by atoms with Crippen LogP contribution in [0.4, 0.5) is 5.69 Å². The Morgan fingerprint density at radius 3 is 2.78 bits per heavy atom. The fourth-order valence-corrected chi connectivity index (χ4v) is 7.11. The van der Waals surface area contributed by atoms with Crippen molar-refractivity contribution >= 4 is 50.0 Å². The van der Waals surface area contributed by atoms with E-state index in [1.54, 1.807) is 12.1 Å². The molecule has 2 heterocycles. The van der Waals surface area contributed by atoms with Gasteiger partial charge < -0.3 is 4.90 Å². The van der Waals surface area contributed by atoms with Crippen LogP contribution in [0.15, 0.2) is 29.3 Å². The summed E-state index contributed by atoms with van der Waals surface area (Å²) in [4.78, 5) is 18.2. The van der Waals surface area contributed by atoms with Gasteiger partial charge in [0.05, 0.1) is 17.5 Å². The second-order valence-electron chi connectivity index (χ2n) is 6.16. The van der Waals surface area contributed by atoms with E-state index in [0.717, 1.165) is 18.5 Å². The third-order valence-corrected chi connectivity index (χ3v) is 7.73. The number of hydrogen-bond donors (Lipinski definition) is 0. The van der Waals surface area contributed by atoms with Gasteiger partial charge in [0.1, 0.15) is 0 Å². The average Bonchev–Trinajstić information content (AvgIpc) is 3.20. The molecule has 2 aliphatic heterocycles. The highest BCUT2D eigenvalue weighted by atomic mass is 35.5. The van der Waals surface area contributed by atoms with E-state index in [4.69, 9.17) is 11.6 Å². The molecule has 5 nitrogen and oxygen atoms in total. The van der Waals surface area contributed by atoms with Crippen LogP contribution in [0.2, 0.25) is 5.02 Å². The lowest BCUT2D eigenvalue weighted by Gasteiger charge is -2.24. The van der Waals surface area contributed by atoms with Crippen molar-refractivity contribution in [3.8, 4) is 0 Å². The molecular weight excluding hydrogens is 356 g/mol. The molecule has 0 aromatic heterocycles. The third kappa shape index (κ3) is 3.02. The van der Waals surface area contributed by atoms with Crippen LogP contribution in [0.3, 0.4) is 0 Å². The van der Waals surface area contributed by atoms with E-state index in [-0.39, 0.29) is 34.6 Å². The Morgan fingerprint density at radius 2 is 2.09 bits per heavy atom. The van der Waals surface area contributed by atoms with Crippen molar-refractivity contribution < 1.29 is 13.2 Å². The van der Waals surface area contributed by atoms with Gasteiger partial charge in [-0.15, -0.1) is 0 Å². The number of fused-ring (bicyclic) bond motifs is 1. The highest BCUT2D eigenvalue weighted by molar-refractivity contribution is 8.16. The largest absolute Gasteiger partial charge is 0.316 e. The number of carbonyl (C=O) groups excluding carboxylic acids is 1. The fourth-order valence-electron chi connectivity index (χ4n) is 3.01. The van der Waals surface area contributed by atoms with Crippen molar-refractivity contribution in [1.82, 2.24) is 0 Å². The van der Waals surface area contributed by atoms with Crippen LogP contribution in [0.1, 0.15) is 12.8 Å². The van der Waals surface area contributed by atoms with Crippen LogP contribution in [0, 0.1) is 5.92 Å². The predicted octanol–water partition coefficient (Wildman–Crippen LogP) is 2.35. The highest BCUT2D eigenvalue weighted by Gasteiger charge is 2.49. The minimum Gasteiger partial charge on any atom is -0.316 e. The number of amidine groups is 1. The van der Waals surface area contributed by atoms with Crippen molar-refractivity contribution in [3.05, 3.63) is 29.3 Å². The number of amides is 1. The SMILES string of the molecule is O=C(N=C1S[C@@H]2CS(=O)(=O)C[C@H]2N1c1cccc(Cl)c1)C1CC1. The van der Waals surface area contributed by atoms with Gasteiger partial charge in [0.2, 0.25) is 0 Å². The smallest absolute Gasteiger partial charge is 0.251 e. The maximum Gasteiger partial charge on any atom is 0.251 e. The third-order valence-electron chi connectivity index (χ3n) is 4.29. The summed E-state index contributed by atoms with van der Waals surface area (Å²) in [5.41, 5.74) is 0.789. The number of benzene rings is 1. The van der Waals surface area contributed by atoms with Gasteiger partial charge in [0.15, 0.2) is 15.0 Å². The molecule has 0 N–H and O–H groups in total. The molecule has 4 rings (SSSR count). The fraction of sp³-hybridized carbons (Fsp3) is 0.467. The molecule has 1 amide bonds. The molecule has 122 valence electrons. The second kappa shape index (κ2) is 5.50. The summed E-state index contributed by atoms with van der Waals surface area (Å²) < 4.78 is 23.9. The summed E-state index contributed by atoms with van der Waals surface area (Å²) in [5.74, 6) is 0.181. The molecule has 8 heteroatoms. The van der Waals surface area contributed by atoms with E-state index in [9.17, 15) is 13.2 Å². The molecule has 23 heavy (non-hydrogen) atoms. The minimum absolute atomic E-state index is 0.0495. The topological polar surface area (TPSA) is 66.8 Å². The van der Waals surface area contributed by atoms with Crippen LogP contribution < -0.4 is 4.90 Å². The van der Waals surface area contributed by atoms with Crippen molar-refractivity contribution in [2.24, 2.45) is 10.9 Å². The summed E-state index contributed by atoms with van der Waals surface area (Å²) in [6.45, 7) is 0. The van der Waals surface area contributed by atoms with Gasteiger partial charge in [-0.3, -0.25) is 4.79 Å². The number of hydrogen-bond acceptors (Lipinski definition) is 4. The van der Waals surface area contributed by atoms with Gasteiger partial charge in [0.25, 0.3) is 5.91 Å². The van der Waals surface area contributed by atoms with Gasteiger partial charge in [-0.05, 0) is 31.0 Å². The molecule has 3 fully saturated rings. The Morgan fingerprint density at radius 1 is 1.30 bits per heavy atom. The van der Waals surface area contributed by atoms with Crippen molar-refractivity contribution in [1.29, 1.82) is 0 Å². The molecule has 0 spiro atoms. The molecule has 1 aromatic rings. The first-order valence-corrected chi connectivity index (χ1v) is 10.6. The molecule has 0 bridgehead atoms. The van der Waals surface area contributed by atoms with E-state index in [2.05, 4.69) is 4.99 Å². The maximum atomic E-state index is 12.1. The zero-order chi connectivity index (χ0) is 16.2. The summed E-state index contributed by atoms with van der Waals surface area (Å²) in [5, 5.41) is 1.10. The first kappa shape index (κ1) is 15.5. The summed E-state index contributed by atoms with van der Waals surface area (Å²) in [7, 11) is -3.05. The Balaban J connectivity index is 1.73. The van der Waals surface area contributed by atoms with Crippen LogP contribution in [-0.2, 0) is 14.6 Å². The summed E-state index contributed by atoms with van der Waals surface area (Å²) >= 11 is 7.48. The number of anilines is 1. The molecule has 2 atom stereocenters. The van der Waals surface area contributed by atoms with E-state index in [1.807, 2.05) is 17.0 Å². The quantitative estimate of drug-likeness (QED) is 0.799. The lowest BCUT2D eigenvalue weighted by atomic mass is 10.2. The van der Waals surface area contributed by atoms with Gasteiger partial charge in [-0.25, -0.2) is 8.42 Å². The van der Waals surface area contributed by atoms with E-state index >= 15 is 0 Å². The number of aliphatic imine (C=N–C) groups is 1. The lowest BCUT2D eigenvalue weighted by Crippen LogP contribution is -2.37. The van der Waals surface area contributed by atoms with Crippen LogP contribution in [0.25, 0.3) is 0 Å². The van der Waals surface area contributed by atoms with Gasteiger partial charge >= 0.3 is 0 Å². The van der Waals surface area contributed by atoms with Crippen LogP contribution in [0.5, 0.6) is 0 Å². The zero-order valence-electron chi connectivity index (χ0n) is 12.2. The summed E-state index contributed by atoms with van der Waals surface area (Å²) in [6.07, 6.45) is 1.80. The summed E-state index contributed by atoms with van der Waals surface area (Å²) in [6, 6.07) is 7.06. The molecule has 3 aliphatic rings.